The molecule has 2 aliphatic rings. The van der Waals surface area contributed by atoms with E-state index in [1.807, 2.05) is 6.07 Å². The van der Waals surface area contributed by atoms with Gasteiger partial charge in [0.1, 0.15) is 0 Å². The average Bonchev–Trinajstić information content (AvgIpc) is 2.87. The maximum atomic E-state index is 12.4. The fourth-order valence-electron chi connectivity index (χ4n) is 2.78. The first-order valence-electron chi connectivity index (χ1n) is 6.95. The van der Waals surface area contributed by atoms with Crippen LogP contribution in [0.2, 0.25) is 0 Å². The first-order chi connectivity index (χ1) is 9.17. The molecule has 1 atom stereocenters. The molecule has 1 amide bonds. The van der Waals surface area contributed by atoms with Gasteiger partial charge in [0.2, 0.25) is 5.91 Å². The fraction of sp³-hybridized carbons (Fsp3) is 0.533. The summed E-state index contributed by atoms with van der Waals surface area (Å²) in [6.45, 7) is 4.01. The van der Waals surface area contributed by atoms with Gasteiger partial charge in [0, 0.05) is 12.2 Å². The Labute approximate surface area is 118 Å². The normalized spacial score (nSPS) is 25.9. The lowest BCUT2D eigenvalue weighted by Crippen LogP contribution is -2.34. The third kappa shape index (κ3) is 2.65. The number of fused-ring (bicyclic) bond motifs is 1. The first kappa shape index (κ1) is 13.0. The Morgan fingerprint density at radius 3 is 3.11 bits per heavy atom. The van der Waals surface area contributed by atoms with E-state index in [4.69, 9.17) is 0 Å². The minimum absolute atomic E-state index is 0.152. The second-order valence-corrected chi connectivity index (χ2v) is 7.15. The van der Waals surface area contributed by atoms with Gasteiger partial charge in [0.25, 0.3) is 0 Å². The second kappa shape index (κ2) is 5.17. The van der Waals surface area contributed by atoms with Crippen LogP contribution in [0.3, 0.4) is 0 Å². The van der Waals surface area contributed by atoms with Crippen LogP contribution < -0.4 is 10.6 Å². The van der Waals surface area contributed by atoms with Gasteiger partial charge >= 0.3 is 0 Å². The lowest BCUT2D eigenvalue weighted by molar-refractivity contribution is -0.118. The largest absolute Gasteiger partial charge is 0.325 e. The molecule has 1 fully saturated rings. The highest BCUT2D eigenvalue weighted by Gasteiger charge is 2.37. The molecule has 1 aromatic carbocycles. The van der Waals surface area contributed by atoms with Crippen molar-refractivity contribution in [3.8, 4) is 0 Å². The zero-order valence-corrected chi connectivity index (χ0v) is 12.1. The summed E-state index contributed by atoms with van der Waals surface area (Å²) in [5.41, 5.74) is 3.65. The van der Waals surface area contributed by atoms with E-state index in [1.54, 1.807) is 11.8 Å². The number of rotatable bonds is 2. The van der Waals surface area contributed by atoms with Gasteiger partial charge in [0.15, 0.2) is 0 Å². The highest BCUT2D eigenvalue weighted by molar-refractivity contribution is 8.01. The Kier molecular flexibility index (Phi) is 3.54. The molecule has 2 N–H and O–H groups in total. The van der Waals surface area contributed by atoms with Crippen LogP contribution in [-0.2, 0) is 17.8 Å². The topological polar surface area (TPSA) is 41.1 Å². The molecule has 3 rings (SSSR count). The van der Waals surface area contributed by atoms with Crippen molar-refractivity contribution in [2.75, 3.05) is 17.6 Å². The highest BCUT2D eigenvalue weighted by Crippen LogP contribution is 2.38. The molecular formula is C15H20N2OS. The molecule has 1 saturated heterocycles. The molecule has 2 aliphatic heterocycles. The minimum atomic E-state index is -0.242. The first-order valence-corrected chi connectivity index (χ1v) is 7.94. The van der Waals surface area contributed by atoms with Crippen molar-refractivity contribution in [2.24, 2.45) is 0 Å². The summed E-state index contributed by atoms with van der Waals surface area (Å²) < 4.78 is -0.242. The summed E-state index contributed by atoms with van der Waals surface area (Å²) in [5.74, 6) is 1.25. The molecule has 3 nitrogen and oxygen atoms in total. The molecule has 0 aliphatic carbocycles. The van der Waals surface area contributed by atoms with E-state index in [2.05, 4.69) is 29.7 Å². The molecule has 1 unspecified atom stereocenters. The predicted octanol–water partition coefficient (Wildman–Crippen LogP) is 2.56. The van der Waals surface area contributed by atoms with Gasteiger partial charge < -0.3 is 10.6 Å². The van der Waals surface area contributed by atoms with Crippen molar-refractivity contribution < 1.29 is 4.79 Å². The molecule has 102 valence electrons. The van der Waals surface area contributed by atoms with E-state index in [9.17, 15) is 4.79 Å². The Balaban J connectivity index is 1.74. The minimum Gasteiger partial charge on any atom is -0.325 e. The van der Waals surface area contributed by atoms with Crippen LogP contribution in [0.25, 0.3) is 0 Å². The van der Waals surface area contributed by atoms with Gasteiger partial charge in [-0.05, 0) is 61.7 Å². The number of carbonyl (C=O) groups is 1. The van der Waals surface area contributed by atoms with Crippen LogP contribution in [0.15, 0.2) is 18.2 Å². The number of benzene rings is 1. The van der Waals surface area contributed by atoms with Gasteiger partial charge in [-0.2, -0.15) is 0 Å². The molecule has 0 saturated carbocycles. The van der Waals surface area contributed by atoms with E-state index in [0.29, 0.717) is 0 Å². The highest BCUT2D eigenvalue weighted by atomic mass is 32.2. The zero-order chi connectivity index (χ0) is 13.3. The smallest absolute Gasteiger partial charge is 0.240 e. The SMILES string of the molecule is CC1(C(=O)Nc2ccc3c(c2)CNCC3)CCCS1. The third-order valence-electron chi connectivity index (χ3n) is 4.05. The number of carbonyl (C=O) groups excluding carboxylic acids is 1. The second-order valence-electron chi connectivity index (χ2n) is 5.55. The molecule has 0 spiro atoms. The van der Waals surface area contributed by atoms with Gasteiger partial charge in [-0.3, -0.25) is 4.79 Å². The molecule has 2 heterocycles. The quantitative estimate of drug-likeness (QED) is 0.872. The van der Waals surface area contributed by atoms with Crippen molar-refractivity contribution in [3.63, 3.8) is 0 Å². The molecular weight excluding hydrogens is 256 g/mol. The summed E-state index contributed by atoms with van der Waals surface area (Å²) in [7, 11) is 0. The van der Waals surface area contributed by atoms with Crippen molar-refractivity contribution >= 4 is 23.4 Å². The fourth-order valence-corrected chi connectivity index (χ4v) is 3.99. The maximum absolute atomic E-state index is 12.4. The summed E-state index contributed by atoms with van der Waals surface area (Å²) in [6, 6.07) is 6.29. The molecule has 4 heteroatoms. The summed E-state index contributed by atoms with van der Waals surface area (Å²) in [5, 5.41) is 6.45. The van der Waals surface area contributed by atoms with Crippen molar-refractivity contribution in [3.05, 3.63) is 29.3 Å². The van der Waals surface area contributed by atoms with Crippen molar-refractivity contribution in [2.45, 2.75) is 37.5 Å². The molecule has 19 heavy (non-hydrogen) atoms. The summed E-state index contributed by atoms with van der Waals surface area (Å²) in [4.78, 5) is 12.4. The van der Waals surface area contributed by atoms with Crippen molar-refractivity contribution in [1.29, 1.82) is 0 Å². The van der Waals surface area contributed by atoms with Gasteiger partial charge in [0.05, 0.1) is 4.75 Å². The van der Waals surface area contributed by atoms with Crippen LogP contribution >= 0.6 is 11.8 Å². The van der Waals surface area contributed by atoms with Crippen LogP contribution in [0.4, 0.5) is 5.69 Å². The zero-order valence-electron chi connectivity index (χ0n) is 11.3. The van der Waals surface area contributed by atoms with Gasteiger partial charge in [-0.1, -0.05) is 6.07 Å². The number of nitrogens with one attached hydrogen (secondary N) is 2. The van der Waals surface area contributed by atoms with Gasteiger partial charge in [-0.15, -0.1) is 11.8 Å². The van der Waals surface area contributed by atoms with Crippen molar-refractivity contribution in [1.82, 2.24) is 5.32 Å². The predicted molar refractivity (Wildman–Crippen MR) is 80.6 cm³/mol. The van der Waals surface area contributed by atoms with E-state index in [0.717, 1.165) is 43.8 Å². The molecule has 0 radical (unpaired) electrons. The van der Waals surface area contributed by atoms with Gasteiger partial charge in [-0.25, -0.2) is 0 Å². The summed E-state index contributed by atoms with van der Waals surface area (Å²) in [6.07, 6.45) is 3.20. The van der Waals surface area contributed by atoms with E-state index >= 15 is 0 Å². The Morgan fingerprint density at radius 2 is 2.32 bits per heavy atom. The molecule has 0 aromatic heterocycles. The average molecular weight is 276 g/mol. The number of hydrogen-bond donors (Lipinski definition) is 2. The molecule has 0 bridgehead atoms. The standard InChI is InChI=1S/C15H20N2OS/c1-15(6-2-8-19-15)14(18)17-13-4-3-11-5-7-16-10-12(11)9-13/h3-4,9,16H,2,5-8,10H2,1H3,(H,17,18). The monoisotopic (exact) mass is 276 g/mol. The Morgan fingerprint density at radius 1 is 1.42 bits per heavy atom. The van der Waals surface area contributed by atoms with E-state index < -0.39 is 0 Å². The summed E-state index contributed by atoms with van der Waals surface area (Å²) >= 11 is 1.78. The van der Waals surface area contributed by atoms with Crippen LogP contribution in [0.1, 0.15) is 30.9 Å². The Bertz CT molecular complexity index is 495. The van der Waals surface area contributed by atoms with Crippen LogP contribution in [0.5, 0.6) is 0 Å². The van der Waals surface area contributed by atoms with Crippen LogP contribution in [0, 0.1) is 0 Å². The molecule has 1 aromatic rings. The van der Waals surface area contributed by atoms with Crippen LogP contribution in [-0.4, -0.2) is 23.0 Å². The lowest BCUT2D eigenvalue weighted by atomic mass is 10.00. The lowest BCUT2D eigenvalue weighted by Gasteiger charge is -2.23. The van der Waals surface area contributed by atoms with E-state index in [1.165, 1.54) is 11.1 Å². The third-order valence-corrected chi connectivity index (χ3v) is 5.57. The number of anilines is 1. The van der Waals surface area contributed by atoms with E-state index in [-0.39, 0.29) is 10.7 Å². The Hall–Kier alpha value is -1.00. The maximum Gasteiger partial charge on any atom is 0.240 e. The number of amides is 1. The number of hydrogen-bond acceptors (Lipinski definition) is 3. The number of thioether (sulfide) groups is 1.